The zero-order chi connectivity index (χ0) is 20.9. The van der Waals surface area contributed by atoms with Gasteiger partial charge in [0.25, 0.3) is 5.91 Å². The summed E-state index contributed by atoms with van der Waals surface area (Å²) in [6.07, 6.45) is -0.369. The number of nitrogens with one attached hydrogen (secondary N) is 1. The summed E-state index contributed by atoms with van der Waals surface area (Å²) in [5.74, 6) is -1.69. The lowest BCUT2D eigenvalue weighted by molar-refractivity contribution is -0.142. The largest absolute Gasteiger partial charge is 0.452 e. The number of pyridine rings is 1. The molecule has 0 saturated heterocycles. The summed E-state index contributed by atoms with van der Waals surface area (Å²) in [6.45, 7) is -0.719. The molecule has 3 rings (SSSR count). The lowest BCUT2D eigenvalue weighted by atomic mass is 10.1. The molecule has 29 heavy (non-hydrogen) atoms. The van der Waals surface area contributed by atoms with E-state index in [0.717, 1.165) is 23.6 Å². The Morgan fingerprint density at radius 2 is 1.79 bits per heavy atom. The van der Waals surface area contributed by atoms with E-state index in [1.807, 2.05) is 12.1 Å². The van der Waals surface area contributed by atoms with Gasteiger partial charge in [0, 0.05) is 23.2 Å². The minimum atomic E-state index is -4.62. The van der Waals surface area contributed by atoms with Gasteiger partial charge in [-0.2, -0.15) is 13.2 Å². The van der Waals surface area contributed by atoms with E-state index in [0.29, 0.717) is 11.1 Å². The third-order valence-corrected chi connectivity index (χ3v) is 3.91. The summed E-state index contributed by atoms with van der Waals surface area (Å²) in [6, 6.07) is 13.7. The van der Waals surface area contributed by atoms with Crippen molar-refractivity contribution in [2.45, 2.75) is 6.18 Å². The smallest absolute Gasteiger partial charge is 0.418 e. The molecule has 1 aromatic heterocycles. The first-order valence-corrected chi connectivity index (χ1v) is 8.49. The van der Waals surface area contributed by atoms with E-state index in [-0.39, 0.29) is 0 Å². The molecule has 0 aliphatic carbocycles. The Labute approximate surface area is 163 Å². The molecule has 148 valence electrons. The molecular weight excluding hydrogens is 385 g/mol. The number of aromatic nitrogens is 1. The van der Waals surface area contributed by atoms with Crippen LogP contribution >= 0.6 is 0 Å². The summed E-state index contributed by atoms with van der Waals surface area (Å²) < 4.78 is 43.6. The van der Waals surface area contributed by atoms with Gasteiger partial charge in [0.1, 0.15) is 0 Å². The number of benzene rings is 2. The van der Waals surface area contributed by atoms with Crippen LogP contribution in [0.2, 0.25) is 0 Å². The molecule has 1 amide bonds. The molecule has 3 aromatic rings. The van der Waals surface area contributed by atoms with Gasteiger partial charge < -0.3 is 10.1 Å². The van der Waals surface area contributed by atoms with E-state index in [1.165, 1.54) is 18.2 Å². The molecule has 0 fully saturated rings. The van der Waals surface area contributed by atoms with Crippen molar-refractivity contribution in [3.05, 3.63) is 78.0 Å². The zero-order valence-electron chi connectivity index (χ0n) is 14.9. The van der Waals surface area contributed by atoms with Crippen molar-refractivity contribution < 1.29 is 27.5 Å². The van der Waals surface area contributed by atoms with Gasteiger partial charge in [-0.05, 0) is 24.3 Å². The normalized spacial score (nSPS) is 11.6. The first-order valence-electron chi connectivity index (χ1n) is 8.49. The Balaban J connectivity index is 1.60. The number of alkyl halides is 3. The van der Waals surface area contributed by atoms with E-state index >= 15 is 0 Å². The molecule has 8 heteroatoms. The van der Waals surface area contributed by atoms with E-state index in [9.17, 15) is 22.8 Å². The number of amides is 1. The standard InChI is InChI=1S/C21H15F3N2O3/c22-21(23,24)16-8-1-2-9-17(16)26-18(27)13-29-19(28)11-10-15-6-3-5-14-7-4-12-25-20(14)15/h1-12H,13H2,(H,26,27)/b11-10+. The van der Waals surface area contributed by atoms with Crippen LogP contribution in [0.4, 0.5) is 18.9 Å². The highest BCUT2D eigenvalue weighted by Crippen LogP contribution is 2.34. The van der Waals surface area contributed by atoms with Gasteiger partial charge in [0.05, 0.1) is 16.8 Å². The number of para-hydroxylation sites is 2. The number of esters is 1. The highest BCUT2D eigenvalue weighted by atomic mass is 19.4. The van der Waals surface area contributed by atoms with Gasteiger partial charge in [-0.25, -0.2) is 4.79 Å². The quantitative estimate of drug-likeness (QED) is 0.508. The molecule has 1 N–H and O–H groups in total. The summed E-state index contributed by atoms with van der Waals surface area (Å²) in [7, 11) is 0. The second kappa shape index (κ2) is 8.55. The first kappa shape index (κ1) is 20.1. The van der Waals surface area contributed by atoms with Crippen molar-refractivity contribution in [1.29, 1.82) is 0 Å². The Kier molecular flexibility index (Phi) is 5.92. The van der Waals surface area contributed by atoms with Gasteiger partial charge in [-0.15, -0.1) is 0 Å². The van der Waals surface area contributed by atoms with Crippen molar-refractivity contribution >= 4 is 34.5 Å². The van der Waals surface area contributed by atoms with E-state index in [1.54, 1.807) is 24.4 Å². The van der Waals surface area contributed by atoms with Gasteiger partial charge in [-0.3, -0.25) is 9.78 Å². The predicted octanol–water partition coefficient (Wildman–Crippen LogP) is 4.45. The molecular formula is C21H15F3N2O3. The molecule has 0 spiro atoms. The van der Waals surface area contributed by atoms with E-state index < -0.39 is 35.9 Å². The summed E-state index contributed by atoms with van der Waals surface area (Å²) >= 11 is 0. The van der Waals surface area contributed by atoms with Gasteiger partial charge in [0.2, 0.25) is 0 Å². The van der Waals surface area contributed by atoms with Gasteiger partial charge in [0.15, 0.2) is 6.61 Å². The van der Waals surface area contributed by atoms with E-state index in [4.69, 9.17) is 4.74 Å². The van der Waals surface area contributed by atoms with Crippen LogP contribution in [0.5, 0.6) is 0 Å². The Morgan fingerprint density at radius 1 is 1.03 bits per heavy atom. The maximum absolute atomic E-state index is 12.9. The number of rotatable bonds is 5. The SMILES string of the molecule is O=C(COC(=O)/C=C/c1cccc2cccnc12)Nc1ccccc1C(F)(F)F. The fourth-order valence-corrected chi connectivity index (χ4v) is 2.63. The lowest BCUT2D eigenvalue weighted by Crippen LogP contribution is -2.22. The minimum absolute atomic E-state index is 0.404. The van der Waals surface area contributed by atoms with Crippen LogP contribution in [0.1, 0.15) is 11.1 Å². The number of halogens is 3. The Bertz CT molecular complexity index is 1070. The summed E-state index contributed by atoms with van der Waals surface area (Å²) in [5.41, 5.74) is -0.00870. The van der Waals surface area contributed by atoms with Gasteiger partial charge >= 0.3 is 12.1 Å². The Hall–Kier alpha value is -3.68. The number of fused-ring (bicyclic) bond motifs is 1. The molecule has 0 radical (unpaired) electrons. The Morgan fingerprint density at radius 3 is 2.59 bits per heavy atom. The van der Waals surface area contributed by atoms with Crippen molar-refractivity contribution in [3.8, 4) is 0 Å². The summed E-state index contributed by atoms with van der Waals surface area (Å²) in [4.78, 5) is 28.0. The molecule has 0 unspecified atom stereocenters. The molecule has 2 aromatic carbocycles. The topological polar surface area (TPSA) is 68.3 Å². The molecule has 0 aliphatic heterocycles. The lowest BCUT2D eigenvalue weighted by Gasteiger charge is -2.13. The highest BCUT2D eigenvalue weighted by molar-refractivity contribution is 5.96. The maximum atomic E-state index is 12.9. The molecule has 0 saturated carbocycles. The number of anilines is 1. The average molecular weight is 400 g/mol. The second-order valence-electron chi connectivity index (χ2n) is 5.95. The molecule has 5 nitrogen and oxygen atoms in total. The van der Waals surface area contributed by atoms with Gasteiger partial charge in [-0.1, -0.05) is 36.4 Å². The fraction of sp³-hybridized carbons (Fsp3) is 0.0952. The third kappa shape index (κ3) is 5.19. The van der Waals surface area contributed by atoms with Crippen molar-refractivity contribution in [1.82, 2.24) is 4.98 Å². The number of ether oxygens (including phenoxy) is 1. The van der Waals surface area contributed by atoms with Crippen LogP contribution in [0.15, 0.2) is 66.9 Å². The first-order chi connectivity index (χ1) is 13.8. The van der Waals surface area contributed by atoms with Crippen molar-refractivity contribution in [2.75, 3.05) is 11.9 Å². The second-order valence-corrected chi connectivity index (χ2v) is 5.95. The number of hydrogen-bond donors (Lipinski definition) is 1. The number of carbonyl (C=O) groups is 2. The number of nitrogens with zero attached hydrogens (tertiary/aromatic N) is 1. The number of hydrogen-bond acceptors (Lipinski definition) is 4. The van der Waals surface area contributed by atoms with Crippen LogP contribution in [-0.2, 0) is 20.5 Å². The predicted molar refractivity (Wildman–Crippen MR) is 102 cm³/mol. The van der Waals surface area contributed by atoms with Crippen LogP contribution < -0.4 is 5.32 Å². The summed E-state index contributed by atoms with van der Waals surface area (Å²) in [5, 5.41) is 2.99. The van der Waals surface area contributed by atoms with Crippen LogP contribution in [0.3, 0.4) is 0 Å². The van der Waals surface area contributed by atoms with Crippen LogP contribution in [0, 0.1) is 0 Å². The number of carbonyl (C=O) groups excluding carboxylic acids is 2. The fourth-order valence-electron chi connectivity index (χ4n) is 2.63. The highest BCUT2D eigenvalue weighted by Gasteiger charge is 2.33. The maximum Gasteiger partial charge on any atom is 0.418 e. The molecule has 0 aliphatic rings. The zero-order valence-corrected chi connectivity index (χ0v) is 14.9. The average Bonchev–Trinajstić information content (AvgIpc) is 2.70. The minimum Gasteiger partial charge on any atom is -0.452 e. The molecule has 0 bridgehead atoms. The van der Waals surface area contributed by atoms with E-state index in [2.05, 4.69) is 10.3 Å². The van der Waals surface area contributed by atoms with Crippen molar-refractivity contribution in [3.63, 3.8) is 0 Å². The third-order valence-electron chi connectivity index (χ3n) is 3.91. The van der Waals surface area contributed by atoms with Crippen LogP contribution in [-0.4, -0.2) is 23.5 Å². The monoisotopic (exact) mass is 400 g/mol. The van der Waals surface area contributed by atoms with Crippen molar-refractivity contribution in [2.24, 2.45) is 0 Å². The van der Waals surface area contributed by atoms with Crippen LogP contribution in [0.25, 0.3) is 17.0 Å². The molecule has 1 heterocycles. The molecule has 0 atom stereocenters.